The van der Waals surface area contributed by atoms with E-state index in [0.29, 0.717) is 29.1 Å². The van der Waals surface area contributed by atoms with Crippen LogP contribution in [0.2, 0.25) is 5.02 Å². The molecule has 25 heavy (non-hydrogen) atoms. The van der Waals surface area contributed by atoms with Crippen LogP contribution in [0.4, 0.5) is 4.79 Å². The summed E-state index contributed by atoms with van der Waals surface area (Å²) in [4.78, 5) is 25.1. The fourth-order valence-corrected chi connectivity index (χ4v) is 3.91. The van der Waals surface area contributed by atoms with Crippen LogP contribution in [0.15, 0.2) is 65.9 Å². The predicted octanol–water partition coefficient (Wildman–Crippen LogP) is 4.09. The van der Waals surface area contributed by atoms with Crippen LogP contribution in [-0.2, 0) is 4.79 Å². The van der Waals surface area contributed by atoms with E-state index >= 15 is 0 Å². The molecular formula is C20H17ClN2O2. The van der Waals surface area contributed by atoms with Gasteiger partial charge in [0.2, 0.25) is 0 Å². The average Bonchev–Trinajstić information content (AvgIpc) is 2.62. The number of ketones is 1. The zero-order valence-corrected chi connectivity index (χ0v) is 14.2. The molecule has 126 valence electrons. The summed E-state index contributed by atoms with van der Waals surface area (Å²) in [7, 11) is 0. The number of halogens is 1. The van der Waals surface area contributed by atoms with Crippen LogP contribution in [0.3, 0.4) is 0 Å². The van der Waals surface area contributed by atoms with Gasteiger partial charge >= 0.3 is 6.03 Å². The summed E-state index contributed by atoms with van der Waals surface area (Å²) in [5, 5.41) is 6.22. The first kappa shape index (κ1) is 15.9. The number of hydrogen-bond acceptors (Lipinski definition) is 2. The third-order valence-electron chi connectivity index (χ3n) is 4.82. The van der Waals surface area contributed by atoms with Crippen LogP contribution in [0.25, 0.3) is 0 Å². The van der Waals surface area contributed by atoms with Gasteiger partial charge in [-0.2, -0.15) is 0 Å². The number of allylic oxidation sites excluding steroid dienone is 1. The second-order valence-corrected chi connectivity index (χ2v) is 6.79. The Morgan fingerprint density at radius 2 is 1.64 bits per heavy atom. The third-order valence-corrected chi connectivity index (χ3v) is 5.17. The van der Waals surface area contributed by atoms with E-state index < -0.39 is 6.04 Å². The van der Waals surface area contributed by atoms with Crippen LogP contribution >= 0.6 is 11.6 Å². The molecule has 0 saturated carbocycles. The van der Waals surface area contributed by atoms with Crippen LogP contribution in [0, 0.1) is 0 Å². The average molecular weight is 353 g/mol. The molecule has 2 aromatic rings. The Labute approximate surface area is 150 Å². The molecule has 2 N–H and O–H groups in total. The molecule has 2 aromatic carbocycles. The van der Waals surface area contributed by atoms with Crippen molar-refractivity contribution >= 4 is 23.4 Å². The Morgan fingerprint density at radius 1 is 0.920 bits per heavy atom. The Balaban J connectivity index is 1.75. The van der Waals surface area contributed by atoms with E-state index in [1.807, 2.05) is 48.5 Å². The molecule has 1 aliphatic carbocycles. The second-order valence-electron chi connectivity index (χ2n) is 6.38. The van der Waals surface area contributed by atoms with Crippen molar-refractivity contribution in [3.63, 3.8) is 0 Å². The Hall–Kier alpha value is -2.59. The lowest BCUT2D eigenvalue weighted by atomic mass is 9.78. The summed E-state index contributed by atoms with van der Waals surface area (Å²) < 4.78 is 0. The van der Waals surface area contributed by atoms with Crippen molar-refractivity contribution in [3.05, 3.63) is 82.0 Å². The highest BCUT2D eigenvalue weighted by atomic mass is 35.5. The van der Waals surface area contributed by atoms with E-state index in [2.05, 4.69) is 10.6 Å². The van der Waals surface area contributed by atoms with E-state index in [9.17, 15) is 9.59 Å². The lowest BCUT2D eigenvalue weighted by molar-refractivity contribution is -0.116. The molecular weight excluding hydrogens is 336 g/mol. The second kappa shape index (κ2) is 6.37. The summed E-state index contributed by atoms with van der Waals surface area (Å²) in [5.74, 6) is 0.130. The first-order valence-corrected chi connectivity index (χ1v) is 8.64. The number of rotatable bonds is 2. The molecule has 0 aromatic heterocycles. The van der Waals surface area contributed by atoms with Crippen molar-refractivity contribution < 1.29 is 9.59 Å². The van der Waals surface area contributed by atoms with Crippen molar-refractivity contribution in [2.24, 2.45) is 0 Å². The van der Waals surface area contributed by atoms with Crippen LogP contribution in [0.1, 0.15) is 35.9 Å². The lowest BCUT2D eigenvalue weighted by Gasteiger charge is -2.35. The number of benzene rings is 2. The fourth-order valence-electron chi connectivity index (χ4n) is 3.66. The van der Waals surface area contributed by atoms with Crippen molar-refractivity contribution in [3.8, 4) is 0 Å². The highest BCUT2D eigenvalue weighted by Crippen LogP contribution is 2.40. The van der Waals surface area contributed by atoms with Crippen LogP contribution < -0.4 is 10.6 Å². The zero-order valence-electron chi connectivity index (χ0n) is 13.5. The van der Waals surface area contributed by atoms with Gasteiger partial charge in [0.1, 0.15) is 0 Å². The highest BCUT2D eigenvalue weighted by Gasteiger charge is 2.38. The maximum Gasteiger partial charge on any atom is 0.319 e. The van der Waals surface area contributed by atoms with Gasteiger partial charge in [0.25, 0.3) is 0 Å². The number of nitrogens with one attached hydrogen (secondary N) is 2. The summed E-state index contributed by atoms with van der Waals surface area (Å²) in [6, 6.07) is 16.5. The van der Waals surface area contributed by atoms with Gasteiger partial charge in [0.15, 0.2) is 5.78 Å². The number of carbonyl (C=O) groups excluding carboxylic acids is 2. The monoisotopic (exact) mass is 352 g/mol. The predicted molar refractivity (Wildman–Crippen MR) is 96.3 cm³/mol. The molecule has 4 rings (SSSR count). The number of urea groups is 1. The lowest BCUT2D eigenvalue weighted by Crippen LogP contribution is -2.47. The van der Waals surface area contributed by atoms with Gasteiger partial charge in [-0.3, -0.25) is 4.79 Å². The minimum Gasteiger partial charge on any atom is -0.327 e. The molecule has 2 atom stereocenters. The smallest absolute Gasteiger partial charge is 0.319 e. The fraction of sp³-hybridized carbons (Fsp3) is 0.200. The number of hydrogen-bond donors (Lipinski definition) is 2. The van der Waals surface area contributed by atoms with Crippen LogP contribution in [-0.4, -0.2) is 11.8 Å². The number of Topliss-reactive ketones (excluding diaryl/α,β-unsaturated/α-hetero) is 1. The highest BCUT2D eigenvalue weighted by molar-refractivity contribution is 6.31. The van der Waals surface area contributed by atoms with Crippen molar-refractivity contribution in [2.75, 3.05) is 0 Å². The van der Waals surface area contributed by atoms with Gasteiger partial charge in [0, 0.05) is 22.7 Å². The van der Waals surface area contributed by atoms with E-state index in [-0.39, 0.29) is 17.7 Å². The van der Waals surface area contributed by atoms with Gasteiger partial charge in [-0.1, -0.05) is 60.1 Å². The van der Waals surface area contributed by atoms with Crippen molar-refractivity contribution in [1.82, 2.24) is 10.6 Å². The molecule has 1 heterocycles. The van der Waals surface area contributed by atoms with E-state index in [1.165, 1.54) is 0 Å². The van der Waals surface area contributed by atoms with Gasteiger partial charge in [0.05, 0.1) is 6.04 Å². The summed E-state index contributed by atoms with van der Waals surface area (Å²) >= 11 is 6.30. The molecule has 1 aliphatic heterocycles. The molecule has 0 radical (unpaired) electrons. The molecule has 0 saturated heterocycles. The largest absolute Gasteiger partial charge is 0.327 e. The molecule has 5 heteroatoms. The minimum absolute atomic E-state index is 0.0486. The quantitative estimate of drug-likeness (QED) is 0.855. The normalized spacial score (nSPS) is 22.9. The van der Waals surface area contributed by atoms with Crippen molar-refractivity contribution in [2.45, 2.75) is 24.8 Å². The Kier molecular flexibility index (Phi) is 4.06. The van der Waals surface area contributed by atoms with Crippen LogP contribution in [0.5, 0.6) is 0 Å². The summed E-state index contributed by atoms with van der Waals surface area (Å²) in [6.07, 6.45) is 1.07. The Morgan fingerprint density at radius 3 is 2.40 bits per heavy atom. The first-order chi connectivity index (χ1) is 12.1. The zero-order chi connectivity index (χ0) is 17.4. The summed E-state index contributed by atoms with van der Waals surface area (Å²) in [6.45, 7) is 0. The van der Waals surface area contributed by atoms with Gasteiger partial charge in [-0.05, 0) is 29.5 Å². The molecule has 0 bridgehead atoms. The first-order valence-electron chi connectivity index (χ1n) is 8.26. The standard InChI is InChI=1S/C20H17ClN2O2/c21-15-9-5-4-8-14(15)19-18-16(22-20(25)23-19)10-13(11-17(18)24)12-6-2-1-3-7-12/h1-9,13,19H,10-11H2,(H2,22,23,25)/t13-,19+/m0/s1. The molecule has 0 fully saturated rings. The third kappa shape index (κ3) is 2.94. The van der Waals surface area contributed by atoms with Crippen molar-refractivity contribution in [1.29, 1.82) is 0 Å². The maximum atomic E-state index is 12.9. The minimum atomic E-state index is -0.498. The molecule has 0 unspecified atom stereocenters. The number of carbonyl (C=O) groups is 2. The SMILES string of the molecule is O=C1NC2=C(C(=O)C[C@@H](c3ccccc3)C2)[C@@H](c2ccccc2Cl)N1. The molecule has 4 nitrogen and oxygen atoms in total. The van der Waals surface area contributed by atoms with Gasteiger partial charge < -0.3 is 10.6 Å². The maximum absolute atomic E-state index is 12.9. The van der Waals surface area contributed by atoms with Gasteiger partial charge in [-0.15, -0.1) is 0 Å². The van der Waals surface area contributed by atoms with Gasteiger partial charge in [-0.25, -0.2) is 4.79 Å². The molecule has 2 amide bonds. The molecule has 0 spiro atoms. The molecule has 2 aliphatic rings. The topological polar surface area (TPSA) is 58.2 Å². The Bertz CT molecular complexity index is 876. The van der Waals surface area contributed by atoms with E-state index in [0.717, 1.165) is 11.1 Å². The van der Waals surface area contributed by atoms with E-state index in [4.69, 9.17) is 11.6 Å². The van der Waals surface area contributed by atoms with E-state index in [1.54, 1.807) is 6.07 Å². The summed E-state index contributed by atoms with van der Waals surface area (Å²) in [5.41, 5.74) is 3.20. The number of amides is 2.